The molecule has 36 heavy (non-hydrogen) atoms. The summed E-state index contributed by atoms with van der Waals surface area (Å²) in [6, 6.07) is 4.90. The minimum Gasteiger partial charge on any atom is -0.378 e. The topological polar surface area (TPSA) is 77.1 Å². The van der Waals surface area contributed by atoms with Gasteiger partial charge in [0.1, 0.15) is 0 Å². The summed E-state index contributed by atoms with van der Waals surface area (Å²) in [6.07, 6.45) is 9.78. The Morgan fingerprint density at radius 2 is 1.58 bits per heavy atom. The highest BCUT2D eigenvalue weighted by molar-refractivity contribution is 5.79. The number of aromatic nitrogens is 2. The van der Waals surface area contributed by atoms with E-state index in [1.165, 1.54) is 58.3 Å². The molecule has 4 fully saturated rings. The average molecular weight is 500 g/mol. The number of carbonyl (C=O) groups excluding carboxylic acids is 1. The second kappa shape index (κ2) is 13.0. The number of anilines is 2. The molecule has 5 rings (SSSR count). The number of nitrogens with zero attached hydrogens (tertiary/aromatic N) is 6. The smallest absolute Gasteiger partial charge is 0.224 e. The van der Waals surface area contributed by atoms with Crippen LogP contribution in [-0.2, 0) is 9.53 Å². The maximum atomic E-state index is 12.9. The number of hydrogen-bond donors (Lipinski definition) is 1. The molecule has 4 aliphatic rings. The first-order valence-corrected chi connectivity index (χ1v) is 14.4. The van der Waals surface area contributed by atoms with Crippen molar-refractivity contribution in [2.45, 2.75) is 57.4 Å². The van der Waals surface area contributed by atoms with E-state index >= 15 is 0 Å². The molecule has 0 radical (unpaired) electrons. The zero-order valence-corrected chi connectivity index (χ0v) is 22.0. The van der Waals surface area contributed by atoms with E-state index in [0.29, 0.717) is 0 Å². The summed E-state index contributed by atoms with van der Waals surface area (Å²) in [7, 11) is 0. The van der Waals surface area contributed by atoms with E-state index in [9.17, 15) is 4.79 Å². The van der Waals surface area contributed by atoms with Crippen molar-refractivity contribution in [3.05, 3.63) is 12.1 Å². The lowest BCUT2D eigenvalue weighted by atomic mass is 9.97. The molecule has 0 spiro atoms. The Balaban J connectivity index is 0.994. The van der Waals surface area contributed by atoms with Gasteiger partial charge in [-0.05, 0) is 89.8 Å². The third kappa shape index (κ3) is 6.86. The maximum Gasteiger partial charge on any atom is 0.224 e. The van der Waals surface area contributed by atoms with E-state index in [1.807, 2.05) is 12.1 Å². The fraction of sp³-hybridized carbons (Fsp3) is 0.815. The fourth-order valence-electron chi connectivity index (χ4n) is 6.30. The van der Waals surface area contributed by atoms with Crippen molar-refractivity contribution in [2.75, 3.05) is 88.5 Å². The average Bonchev–Trinajstić information content (AvgIpc) is 2.96. The van der Waals surface area contributed by atoms with Gasteiger partial charge in [0, 0.05) is 38.8 Å². The molecular formula is C27H45N7O2. The van der Waals surface area contributed by atoms with Crippen molar-refractivity contribution in [2.24, 2.45) is 5.92 Å². The van der Waals surface area contributed by atoms with Crippen LogP contribution >= 0.6 is 0 Å². The predicted molar refractivity (Wildman–Crippen MR) is 143 cm³/mol. The number of amides is 1. The maximum absolute atomic E-state index is 12.9. The molecule has 9 heteroatoms. The normalized spacial score (nSPS) is 25.2. The van der Waals surface area contributed by atoms with Crippen LogP contribution in [0.2, 0.25) is 0 Å². The Labute approximate surface area is 216 Å². The van der Waals surface area contributed by atoms with Crippen LogP contribution in [-0.4, -0.2) is 111 Å². The Bertz CT molecular complexity index is 803. The van der Waals surface area contributed by atoms with Gasteiger partial charge in [-0.2, -0.15) is 0 Å². The Morgan fingerprint density at radius 3 is 2.31 bits per heavy atom. The third-order valence-corrected chi connectivity index (χ3v) is 8.50. The summed E-state index contributed by atoms with van der Waals surface area (Å²) < 4.78 is 5.42. The molecule has 9 nitrogen and oxygen atoms in total. The van der Waals surface area contributed by atoms with Gasteiger partial charge in [-0.15, -0.1) is 10.2 Å². The molecule has 4 aliphatic heterocycles. The first kappa shape index (κ1) is 25.7. The molecule has 1 unspecified atom stereocenters. The molecule has 1 amide bonds. The molecular weight excluding hydrogens is 454 g/mol. The van der Waals surface area contributed by atoms with E-state index < -0.39 is 0 Å². The van der Waals surface area contributed by atoms with Crippen LogP contribution in [0.3, 0.4) is 0 Å². The van der Waals surface area contributed by atoms with Gasteiger partial charge in [0.05, 0.1) is 19.1 Å². The molecule has 200 valence electrons. The zero-order valence-electron chi connectivity index (χ0n) is 22.0. The predicted octanol–water partition coefficient (Wildman–Crippen LogP) is 1.99. The van der Waals surface area contributed by atoms with Crippen molar-refractivity contribution >= 4 is 17.5 Å². The summed E-state index contributed by atoms with van der Waals surface area (Å²) in [4.78, 5) is 22.7. The summed E-state index contributed by atoms with van der Waals surface area (Å²) >= 11 is 0. The molecule has 1 aromatic rings. The number of ether oxygens (including phenoxy) is 1. The number of nitrogens with one attached hydrogen (secondary N) is 1. The van der Waals surface area contributed by atoms with Gasteiger partial charge < -0.3 is 29.7 Å². The van der Waals surface area contributed by atoms with Crippen LogP contribution in [0.15, 0.2) is 12.1 Å². The Hall–Kier alpha value is -1.97. The SMILES string of the molecule is O=C(NCCCN1CCC(N2CCCCC2)CC1)C1CCCN(c2ccc(N3CCOCC3)nn2)C1. The van der Waals surface area contributed by atoms with E-state index in [-0.39, 0.29) is 11.8 Å². The van der Waals surface area contributed by atoms with Crippen molar-refractivity contribution in [1.82, 2.24) is 25.3 Å². The highest BCUT2D eigenvalue weighted by Crippen LogP contribution is 2.23. The fourth-order valence-corrected chi connectivity index (χ4v) is 6.30. The van der Waals surface area contributed by atoms with Gasteiger partial charge in [-0.25, -0.2) is 0 Å². The van der Waals surface area contributed by atoms with Gasteiger partial charge in [0.2, 0.25) is 5.91 Å². The first-order chi connectivity index (χ1) is 17.8. The molecule has 1 aromatic heterocycles. The molecule has 1 N–H and O–H groups in total. The zero-order chi connectivity index (χ0) is 24.6. The third-order valence-electron chi connectivity index (χ3n) is 8.50. The highest BCUT2D eigenvalue weighted by atomic mass is 16.5. The molecule has 5 heterocycles. The van der Waals surface area contributed by atoms with E-state index in [4.69, 9.17) is 4.74 Å². The standard InChI is InChI=1S/C27H45N7O2/c35-27(28-11-5-12-31-16-9-24(10-17-31)32-13-2-1-3-14-32)23-6-4-15-34(22-23)26-8-7-25(29-30-26)33-18-20-36-21-19-33/h7-8,23-24H,1-6,9-22H2,(H,28,35). The van der Waals surface area contributed by atoms with Crippen LogP contribution in [0, 0.1) is 5.92 Å². The summed E-state index contributed by atoms with van der Waals surface area (Å²) in [6.45, 7) is 11.7. The van der Waals surface area contributed by atoms with Crippen LogP contribution in [0.4, 0.5) is 11.6 Å². The van der Waals surface area contributed by atoms with Crippen molar-refractivity contribution in [3.8, 4) is 0 Å². The van der Waals surface area contributed by atoms with Gasteiger partial charge in [-0.1, -0.05) is 6.42 Å². The van der Waals surface area contributed by atoms with Gasteiger partial charge in [-0.3, -0.25) is 4.79 Å². The largest absolute Gasteiger partial charge is 0.378 e. The number of rotatable bonds is 8. The number of hydrogen-bond acceptors (Lipinski definition) is 8. The second-order valence-electron chi connectivity index (χ2n) is 10.9. The van der Waals surface area contributed by atoms with E-state index in [1.54, 1.807) is 0 Å². The molecule has 0 bridgehead atoms. The van der Waals surface area contributed by atoms with Crippen molar-refractivity contribution in [3.63, 3.8) is 0 Å². The number of piperidine rings is 3. The lowest BCUT2D eigenvalue weighted by molar-refractivity contribution is -0.125. The van der Waals surface area contributed by atoms with Gasteiger partial charge >= 0.3 is 0 Å². The first-order valence-electron chi connectivity index (χ1n) is 14.4. The molecule has 1 atom stereocenters. The Morgan fingerprint density at radius 1 is 0.861 bits per heavy atom. The molecule has 0 saturated carbocycles. The van der Waals surface area contributed by atoms with Crippen LogP contribution in [0.5, 0.6) is 0 Å². The van der Waals surface area contributed by atoms with Gasteiger partial charge in [0.25, 0.3) is 0 Å². The molecule has 4 saturated heterocycles. The van der Waals surface area contributed by atoms with Crippen LogP contribution < -0.4 is 15.1 Å². The minimum absolute atomic E-state index is 0.0276. The highest BCUT2D eigenvalue weighted by Gasteiger charge is 2.28. The molecule has 0 aromatic carbocycles. The number of likely N-dealkylation sites (tertiary alicyclic amines) is 2. The number of carbonyl (C=O) groups is 1. The summed E-state index contributed by atoms with van der Waals surface area (Å²) in [5.41, 5.74) is 0. The van der Waals surface area contributed by atoms with E-state index in [0.717, 1.165) is 89.4 Å². The summed E-state index contributed by atoms with van der Waals surface area (Å²) in [5, 5.41) is 12.2. The Kier molecular flexibility index (Phi) is 9.28. The van der Waals surface area contributed by atoms with Crippen LogP contribution in [0.25, 0.3) is 0 Å². The quantitative estimate of drug-likeness (QED) is 0.545. The van der Waals surface area contributed by atoms with Crippen molar-refractivity contribution in [1.29, 1.82) is 0 Å². The van der Waals surface area contributed by atoms with Crippen molar-refractivity contribution < 1.29 is 9.53 Å². The number of morpholine rings is 1. The summed E-state index contributed by atoms with van der Waals surface area (Å²) in [5.74, 6) is 2.00. The van der Waals surface area contributed by atoms with Gasteiger partial charge in [0.15, 0.2) is 11.6 Å². The monoisotopic (exact) mass is 499 g/mol. The lowest BCUT2D eigenvalue weighted by Gasteiger charge is -2.40. The van der Waals surface area contributed by atoms with E-state index in [2.05, 4.69) is 35.1 Å². The second-order valence-corrected chi connectivity index (χ2v) is 10.9. The minimum atomic E-state index is 0.0276. The van der Waals surface area contributed by atoms with Crippen LogP contribution in [0.1, 0.15) is 51.4 Å². The molecule has 0 aliphatic carbocycles. The lowest BCUT2D eigenvalue weighted by Crippen LogP contribution is -2.47.